The molecule has 6 aromatic carbocycles. The Morgan fingerprint density at radius 1 is 0.439 bits per heavy atom. The van der Waals surface area contributed by atoms with E-state index in [4.69, 9.17) is 52.1 Å². The van der Waals surface area contributed by atoms with Gasteiger partial charge in [-0.25, -0.2) is 0 Å². The van der Waals surface area contributed by atoms with Crippen LogP contribution < -0.4 is 0 Å². The maximum Gasteiger partial charge on any atom is 0.314 e. The number of fused-ring (bicyclic) bond motifs is 1. The Morgan fingerprint density at radius 3 is 1.29 bits per heavy atom. The minimum Gasteiger partial charge on any atom is -0.374 e. The van der Waals surface area contributed by atoms with Crippen molar-refractivity contribution in [3.8, 4) is 0 Å². The molecule has 0 N–H and O–H groups in total. The highest BCUT2D eigenvalue weighted by molar-refractivity contribution is 5.18. The summed E-state index contributed by atoms with van der Waals surface area (Å²) < 4.78 is 75.2. The van der Waals surface area contributed by atoms with E-state index in [1.807, 2.05) is 182 Å². The van der Waals surface area contributed by atoms with Gasteiger partial charge in [0.25, 0.3) is 0 Å². The van der Waals surface area contributed by atoms with Crippen LogP contribution in [0.25, 0.3) is 0 Å². The van der Waals surface area contributed by atoms with Gasteiger partial charge in [0, 0.05) is 7.11 Å². The van der Waals surface area contributed by atoms with E-state index >= 15 is 0 Å². The lowest BCUT2D eigenvalue weighted by Crippen LogP contribution is -2.75. The third-order valence-corrected chi connectivity index (χ3v) is 12.0. The molecule has 3 aliphatic heterocycles. The van der Waals surface area contributed by atoms with Crippen LogP contribution in [-0.2, 0) is 91.7 Å². The molecule has 10 atom stereocenters. The third kappa shape index (κ3) is 11.7. The van der Waals surface area contributed by atoms with E-state index in [-0.39, 0.29) is 46.2 Å². The van der Waals surface area contributed by atoms with Crippen LogP contribution in [0.4, 0.5) is 0 Å². The summed E-state index contributed by atoms with van der Waals surface area (Å²) in [5.74, 6) is -1.87. The number of benzene rings is 6. The van der Waals surface area contributed by atoms with Crippen molar-refractivity contribution in [2.24, 2.45) is 0 Å². The zero-order valence-electron chi connectivity index (χ0n) is 37.2. The fourth-order valence-electron chi connectivity index (χ4n) is 8.68. The molecule has 3 fully saturated rings. The highest BCUT2D eigenvalue weighted by Crippen LogP contribution is 2.45. The molecule has 344 valence electrons. The van der Waals surface area contributed by atoms with E-state index in [2.05, 4.69) is 0 Å². The molecule has 0 aliphatic carbocycles. The molecule has 6 aromatic rings. The Balaban J connectivity index is 1.10. The molecular formula is C55H58O11. The number of hydrogen-bond acceptors (Lipinski definition) is 11. The van der Waals surface area contributed by atoms with Gasteiger partial charge < -0.3 is 52.1 Å². The van der Waals surface area contributed by atoms with Crippen LogP contribution in [0.3, 0.4) is 0 Å². The molecule has 3 heterocycles. The highest BCUT2D eigenvalue weighted by atomic mass is 16.9. The Hall–Kier alpha value is -5.12. The van der Waals surface area contributed by atoms with Crippen molar-refractivity contribution in [2.75, 3.05) is 20.3 Å². The lowest BCUT2D eigenvalue weighted by atomic mass is 9.93. The van der Waals surface area contributed by atoms with Crippen LogP contribution in [0.15, 0.2) is 182 Å². The highest BCUT2D eigenvalue weighted by Gasteiger charge is 2.65. The van der Waals surface area contributed by atoms with Crippen LogP contribution in [0.2, 0.25) is 0 Å². The van der Waals surface area contributed by atoms with Crippen molar-refractivity contribution >= 4 is 0 Å². The van der Waals surface area contributed by atoms with Crippen LogP contribution in [0.5, 0.6) is 0 Å². The predicted octanol–water partition coefficient (Wildman–Crippen LogP) is 8.97. The van der Waals surface area contributed by atoms with Crippen molar-refractivity contribution in [2.45, 2.75) is 101 Å². The monoisotopic (exact) mass is 894 g/mol. The molecule has 66 heavy (non-hydrogen) atoms. The van der Waals surface area contributed by atoms with Gasteiger partial charge in [0.1, 0.15) is 42.7 Å². The van der Waals surface area contributed by atoms with Crippen LogP contribution in [0.1, 0.15) is 33.4 Å². The molecule has 0 radical (unpaired) electrons. The number of hydrogen-bond donors (Lipinski definition) is 0. The summed E-state index contributed by atoms with van der Waals surface area (Å²) in [5, 5.41) is 0. The van der Waals surface area contributed by atoms with E-state index < -0.39 is 61.1 Å². The second kappa shape index (κ2) is 23.1. The van der Waals surface area contributed by atoms with Gasteiger partial charge in [-0.15, -0.1) is 0 Å². The van der Waals surface area contributed by atoms with Gasteiger partial charge in [0.05, 0.1) is 52.9 Å². The second-order valence-corrected chi connectivity index (χ2v) is 16.7. The van der Waals surface area contributed by atoms with Crippen molar-refractivity contribution in [1.29, 1.82) is 0 Å². The quantitative estimate of drug-likeness (QED) is 0.0735. The molecule has 11 heteroatoms. The minimum absolute atomic E-state index is 0.0465. The molecular weight excluding hydrogens is 837 g/mol. The van der Waals surface area contributed by atoms with Crippen molar-refractivity contribution in [3.63, 3.8) is 0 Å². The standard InChI is InChI=1S/C55H58O11/c1-56-54-52(61-36-44-28-16-6-17-29-44)50(59-34-42-24-12-4-13-25-42)49-46(64-54)39-63-55(66-49)53(62-37-45-30-18-7-19-31-45)51(60-35-43-26-14-5-15-27-43)48(58-33-41-22-10-3-11-23-41)47(65-55)38-57-32-40-20-8-2-9-21-40/h2-31,46-54H,32-39H2,1H3/t46-,47-,48-,49+,50+,51+,52-,53-,54+,55-/m1/s1. The Kier molecular flexibility index (Phi) is 16.1. The normalized spacial score (nSPS) is 27.3. The molecule has 11 nitrogen and oxygen atoms in total. The number of ether oxygens (including phenoxy) is 11. The van der Waals surface area contributed by atoms with Gasteiger partial charge in [0.2, 0.25) is 0 Å². The zero-order chi connectivity index (χ0) is 44.8. The van der Waals surface area contributed by atoms with Crippen LogP contribution in [0, 0.1) is 0 Å². The predicted molar refractivity (Wildman–Crippen MR) is 245 cm³/mol. The Morgan fingerprint density at radius 2 is 0.833 bits per heavy atom. The summed E-state index contributed by atoms with van der Waals surface area (Å²) in [6, 6.07) is 60.1. The molecule has 0 amide bonds. The molecule has 3 saturated heterocycles. The number of rotatable bonds is 20. The fraction of sp³-hybridized carbons (Fsp3) is 0.345. The summed E-state index contributed by atoms with van der Waals surface area (Å²) >= 11 is 0. The molecule has 3 aliphatic rings. The second-order valence-electron chi connectivity index (χ2n) is 16.7. The first-order valence-corrected chi connectivity index (χ1v) is 22.7. The Bertz CT molecular complexity index is 2290. The number of methoxy groups -OCH3 is 1. The van der Waals surface area contributed by atoms with Gasteiger partial charge >= 0.3 is 5.97 Å². The first kappa shape index (κ1) is 46.0. The van der Waals surface area contributed by atoms with Crippen LogP contribution >= 0.6 is 0 Å². The summed E-state index contributed by atoms with van der Waals surface area (Å²) in [7, 11) is 1.60. The van der Waals surface area contributed by atoms with Gasteiger partial charge in [-0.1, -0.05) is 182 Å². The zero-order valence-corrected chi connectivity index (χ0v) is 37.2. The third-order valence-electron chi connectivity index (χ3n) is 12.0. The molecule has 9 rings (SSSR count). The maximum atomic E-state index is 7.34. The molecule has 0 bridgehead atoms. The molecule has 0 saturated carbocycles. The van der Waals surface area contributed by atoms with Crippen molar-refractivity contribution < 1.29 is 52.1 Å². The van der Waals surface area contributed by atoms with Gasteiger partial charge in [-0.05, 0) is 33.4 Å². The molecule has 1 spiro atoms. The lowest BCUT2D eigenvalue weighted by molar-refractivity contribution is -0.517. The first-order valence-electron chi connectivity index (χ1n) is 22.7. The van der Waals surface area contributed by atoms with E-state index in [9.17, 15) is 0 Å². The summed E-state index contributed by atoms with van der Waals surface area (Å²) in [6.07, 6.45) is -6.97. The summed E-state index contributed by atoms with van der Waals surface area (Å²) in [4.78, 5) is 0. The minimum atomic E-state index is -1.87. The summed E-state index contributed by atoms with van der Waals surface area (Å²) in [6.45, 7) is 1.79. The fourth-order valence-corrected chi connectivity index (χ4v) is 8.68. The average Bonchev–Trinajstić information content (AvgIpc) is 3.38. The molecule has 0 unspecified atom stereocenters. The topological polar surface area (TPSA) is 102 Å². The van der Waals surface area contributed by atoms with Gasteiger partial charge in [0.15, 0.2) is 12.4 Å². The van der Waals surface area contributed by atoms with E-state index in [0.29, 0.717) is 6.61 Å². The first-order chi connectivity index (χ1) is 32.6. The van der Waals surface area contributed by atoms with E-state index in [1.165, 1.54) is 0 Å². The largest absolute Gasteiger partial charge is 0.374 e. The van der Waals surface area contributed by atoms with Gasteiger partial charge in [-0.2, -0.15) is 0 Å². The van der Waals surface area contributed by atoms with Crippen molar-refractivity contribution in [1.82, 2.24) is 0 Å². The van der Waals surface area contributed by atoms with Gasteiger partial charge in [-0.3, -0.25) is 0 Å². The average molecular weight is 895 g/mol. The maximum absolute atomic E-state index is 7.34. The Labute approximate surface area is 387 Å². The summed E-state index contributed by atoms with van der Waals surface area (Å²) in [5.41, 5.74) is 5.91. The lowest BCUT2D eigenvalue weighted by Gasteiger charge is -2.57. The van der Waals surface area contributed by atoms with E-state index in [1.54, 1.807) is 7.11 Å². The SMILES string of the molecule is CO[C@H]1O[C@@H]2CO[C@@]3(O[C@@H]2[C@H](OCc2ccccc2)[C@H]1OCc1ccccc1)O[C@H](COCc1ccccc1)[C@@H](OCc1ccccc1)[C@H](OCc1ccccc1)[C@H]3OCc1ccccc1. The van der Waals surface area contributed by atoms with Crippen molar-refractivity contribution in [3.05, 3.63) is 215 Å². The van der Waals surface area contributed by atoms with Crippen LogP contribution in [-0.4, -0.2) is 81.4 Å². The van der Waals surface area contributed by atoms with E-state index in [0.717, 1.165) is 33.4 Å². The smallest absolute Gasteiger partial charge is 0.314 e. The molecule has 0 aromatic heterocycles.